The van der Waals surface area contributed by atoms with Crippen molar-refractivity contribution in [2.75, 3.05) is 11.6 Å². The van der Waals surface area contributed by atoms with Gasteiger partial charge in [-0.05, 0) is 43.7 Å². The molecule has 0 fully saturated rings. The number of amides is 1. The molecule has 0 aliphatic carbocycles. The first-order valence-corrected chi connectivity index (χ1v) is 9.22. The molecule has 1 atom stereocenters. The summed E-state index contributed by atoms with van der Waals surface area (Å²) in [6, 6.07) is 15.9. The van der Waals surface area contributed by atoms with Gasteiger partial charge < -0.3 is 4.74 Å². The molecule has 148 valence electrons. The van der Waals surface area contributed by atoms with E-state index in [0.29, 0.717) is 29.1 Å². The van der Waals surface area contributed by atoms with E-state index in [9.17, 15) is 9.59 Å². The largest absolute Gasteiger partial charge is 0.462 e. The predicted octanol–water partition coefficient (Wildman–Crippen LogP) is 4.22. The van der Waals surface area contributed by atoms with Crippen molar-refractivity contribution >= 4 is 29.0 Å². The molecule has 1 aliphatic heterocycles. The van der Waals surface area contributed by atoms with E-state index in [0.717, 1.165) is 5.56 Å². The summed E-state index contributed by atoms with van der Waals surface area (Å²) in [5.74, 6) is -0.619. The zero-order valence-electron chi connectivity index (χ0n) is 16.4. The van der Waals surface area contributed by atoms with Crippen LogP contribution in [0.3, 0.4) is 0 Å². The van der Waals surface area contributed by atoms with Gasteiger partial charge in [-0.2, -0.15) is 20.3 Å². The predicted molar refractivity (Wildman–Crippen MR) is 111 cm³/mol. The number of rotatable bonds is 7. The molecule has 1 aliphatic rings. The molecule has 0 N–H and O–H groups in total. The summed E-state index contributed by atoms with van der Waals surface area (Å²) in [7, 11) is 0. The molecule has 7 nitrogen and oxygen atoms in total. The fraction of sp³-hybridized carbons (Fsp3) is 0.227. The van der Waals surface area contributed by atoms with Gasteiger partial charge in [-0.15, -0.1) is 0 Å². The van der Waals surface area contributed by atoms with Gasteiger partial charge in [0.2, 0.25) is 0 Å². The second kappa shape index (κ2) is 9.05. The van der Waals surface area contributed by atoms with Crippen molar-refractivity contribution in [3.8, 4) is 0 Å². The quantitative estimate of drug-likeness (QED) is 0.403. The number of nitrogens with zero attached hydrogens (tertiary/aromatic N) is 4. The molecule has 0 bridgehead atoms. The number of esters is 1. The van der Waals surface area contributed by atoms with Crippen molar-refractivity contribution < 1.29 is 14.3 Å². The Morgan fingerprint density at radius 3 is 2.52 bits per heavy atom. The van der Waals surface area contributed by atoms with Crippen LogP contribution in [-0.4, -0.2) is 30.2 Å². The number of para-hydroxylation sites is 1. The normalized spacial score (nSPS) is 16.2. The lowest BCUT2D eigenvalue weighted by Gasteiger charge is -2.11. The number of hydrogen-bond acceptors (Lipinski definition) is 6. The smallest absolute Gasteiger partial charge is 0.333 e. The Morgan fingerprint density at radius 1 is 1.17 bits per heavy atom. The Balaban J connectivity index is 1.59. The first-order chi connectivity index (χ1) is 14.0. The van der Waals surface area contributed by atoms with Crippen LogP contribution < -0.4 is 5.01 Å². The van der Waals surface area contributed by atoms with Crippen LogP contribution >= 0.6 is 0 Å². The van der Waals surface area contributed by atoms with Crippen LogP contribution in [0.5, 0.6) is 0 Å². The first kappa shape index (κ1) is 20.1. The maximum atomic E-state index is 12.6. The monoisotopic (exact) mass is 390 g/mol. The lowest BCUT2D eigenvalue weighted by atomic mass is 10.1. The zero-order valence-corrected chi connectivity index (χ0v) is 16.4. The highest BCUT2D eigenvalue weighted by Crippen LogP contribution is 2.23. The number of hydrogen-bond donors (Lipinski definition) is 0. The van der Waals surface area contributed by atoms with Crippen LogP contribution in [0.25, 0.3) is 0 Å². The molecular formula is C22H22N4O3. The van der Waals surface area contributed by atoms with Gasteiger partial charge in [0.25, 0.3) is 5.91 Å². The average molecular weight is 390 g/mol. The Kier molecular flexibility index (Phi) is 6.29. The molecule has 1 amide bonds. The highest BCUT2D eigenvalue weighted by atomic mass is 16.5. The van der Waals surface area contributed by atoms with E-state index in [1.165, 1.54) is 5.01 Å². The van der Waals surface area contributed by atoms with Crippen molar-refractivity contribution in [2.45, 2.75) is 26.3 Å². The molecule has 7 heteroatoms. The van der Waals surface area contributed by atoms with Gasteiger partial charge in [0.05, 0.1) is 23.7 Å². The van der Waals surface area contributed by atoms with Crippen molar-refractivity contribution in [2.24, 2.45) is 15.3 Å². The summed E-state index contributed by atoms with van der Waals surface area (Å²) in [6.07, 6.45) is 0.593. The molecule has 0 saturated heterocycles. The van der Waals surface area contributed by atoms with E-state index >= 15 is 0 Å². The second-order valence-corrected chi connectivity index (χ2v) is 6.68. The Bertz CT molecular complexity index is 965. The SMILES string of the molecule is C=C(C)C(=O)OCCc1ccc(N=NC2C(=O)N(c3ccccc3)N=C2C)cc1. The molecule has 0 aromatic heterocycles. The fourth-order valence-corrected chi connectivity index (χ4v) is 2.68. The molecule has 29 heavy (non-hydrogen) atoms. The van der Waals surface area contributed by atoms with Crippen molar-refractivity contribution in [3.63, 3.8) is 0 Å². The van der Waals surface area contributed by atoms with Gasteiger partial charge in [0, 0.05) is 12.0 Å². The minimum absolute atomic E-state index is 0.228. The van der Waals surface area contributed by atoms with Crippen molar-refractivity contribution in [3.05, 3.63) is 72.3 Å². The van der Waals surface area contributed by atoms with Gasteiger partial charge in [-0.25, -0.2) is 4.79 Å². The van der Waals surface area contributed by atoms with E-state index in [2.05, 4.69) is 21.9 Å². The summed E-state index contributed by atoms with van der Waals surface area (Å²) in [5.41, 5.74) is 3.31. The number of ether oxygens (including phenoxy) is 1. The summed E-state index contributed by atoms with van der Waals surface area (Å²) >= 11 is 0. The van der Waals surface area contributed by atoms with E-state index in [4.69, 9.17) is 4.74 Å². The minimum atomic E-state index is -0.726. The zero-order chi connectivity index (χ0) is 20.8. The lowest BCUT2D eigenvalue weighted by Crippen LogP contribution is -2.29. The van der Waals surface area contributed by atoms with E-state index < -0.39 is 12.0 Å². The van der Waals surface area contributed by atoms with Crippen LogP contribution in [0.1, 0.15) is 19.4 Å². The number of carbonyl (C=O) groups excluding carboxylic acids is 2. The molecule has 2 aromatic carbocycles. The highest BCUT2D eigenvalue weighted by Gasteiger charge is 2.34. The van der Waals surface area contributed by atoms with Gasteiger partial charge in [0.1, 0.15) is 0 Å². The van der Waals surface area contributed by atoms with Crippen molar-refractivity contribution in [1.29, 1.82) is 0 Å². The van der Waals surface area contributed by atoms with Gasteiger partial charge >= 0.3 is 5.97 Å². The van der Waals surface area contributed by atoms with Gasteiger partial charge in [0.15, 0.2) is 6.04 Å². The number of carbonyl (C=O) groups is 2. The maximum Gasteiger partial charge on any atom is 0.333 e. The Hall–Kier alpha value is -3.61. The van der Waals surface area contributed by atoms with E-state index in [-0.39, 0.29) is 12.5 Å². The van der Waals surface area contributed by atoms with Gasteiger partial charge in [-0.3, -0.25) is 4.79 Å². The maximum absolute atomic E-state index is 12.6. The van der Waals surface area contributed by atoms with E-state index in [1.54, 1.807) is 26.0 Å². The van der Waals surface area contributed by atoms with Crippen LogP contribution in [0.2, 0.25) is 0 Å². The number of benzene rings is 2. The third-order valence-electron chi connectivity index (χ3n) is 4.29. The summed E-state index contributed by atoms with van der Waals surface area (Å²) in [5, 5.41) is 14.0. The van der Waals surface area contributed by atoms with Gasteiger partial charge in [-0.1, -0.05) is 36.9 Å². The Morgan fingerprint density at radius 2 is 1.86 bits per heavy atom. The van der Waals surface area contributed by atoms with Crippen LogP contribution in [0.15, 0.2) is 82.1 Å². The molecule has 0 radical (unpaired) electrons. The highest BCUT2D eigenvalue weighted by molar-refractivity contribution is 6.18. The summed E-state index contributed by atoms with van der Waals surface area (Å²) in [6.45, 7) is 7.21. The third-order valence-corrected chi connectivity index (χ3v) is 4.29. The molecule has 1 heterocycles. The molecule has 0 saturated carbocycles. The summed E-state index contributed by atoms with van der Waals surface area (Å²) < 4.78 is 5.09. The standard InChI is InChI=1S/C22H22N4O3/c1-15(2)22(28)29-14-13-17-9-11-18(12-10-17)23-24-20-16(3)25-26(21(20)27)19-7-5-4-6-8-19/h4-12,20H,1,13-14H2,2-3H3. The molecule has 2 aromatic rings. The Labute approximate surface area is 169 Å². The molecule has 1 unspecified atom stereocenters. The summed E-state index contributed by atoms with van der Waals surface area (Å²) in [4.78, 5) is 24.0. The topological polar surface area (TPSA) is 83.7 Å². The fourth-order valence-electron chi connectivity index (χ4n) is 2.68. The lowest BCUT2D eigenvalue weighted by molar-refractivity contribution is -0.138. The average Bonchev–Trinajstić information content (AvgIpc) is 3.01. The second-order valence-electron chi connectivity index (χ2n) is 6.68. The first-order valence-electron chi connectivity index (χ1n) is 9.22. The molecular weight excluding hydrogens is 368 g/mol. The number of anilines is 1. The molecule has 0 spiro atoms. The minimum Gasteiger partial charge on any atom is -0.462 e. The number of hydrazone groups is 1. The van der Waals surface area contributed by atoms with Crippen LogP contribution in [-0.2, 0) is 20.7 Å². The number of azo groups is 1. The van der Waals surface area contributed by atoms with E-state index in [1.807, 2.05) is 42.5 Å². The third kappa shape index (κ3) is 5.01. The van der Waals surface area contributed by atoms with Crippen LogP contribution in [0.4, 0.5) is 11.4 Å². The van der Waals surface area contributed by atoms with Crippen LogP contribution in [0, 0.1) is 0 Å². The molecule has 3 rings (SSSR count). The van der Waals surface area contributed by atoms with Crippen molar-refractivity contribution in [1.82, 2.24) is 0 Å².